The zero-order chi connectivity index (χ0) is 100. The van der Waals surface area contributed by atoms with Gasteiger partial charge in [-0.15, -0.1) is 0 Å². The Hall–Kier alpha value is -6.10. The second-order valence-electron chi connectivity index (χ2n) is 46.9. The maximum atomic E-state index is 11.9. The predicted molar refractivity (Wildman–Crippen MR) is 590 cm³/mol. The van der Waals surface area contributed by atoms with Gasteiger partial charge >= 0.3 is 48.2 Å². The van der Waals surface area contributed by atoms with Gasteiger partial charge < -0.3 is 85.1 Å². The molecule has 2 unspecified atom stereocenters. The van der Waals surface area contributed by atoms with E-state index in [9.17, 15) is 38.4 Å². The van der Waals surface area contributed by atoms with Crippen molar-refractivity contribution in [2.24, 2.45) is 23.7 Å². The molecule has 0 aliphatic heterocycles. The van der Waals surface area contributed by atoms with E-state index in [1.165, 1.54) is 384 Å². The highest BCUT2D eigenvalue weighted by Gasteiger charge is 2.30. The minimum Gasteiger partial charge on any atom is -0.338 e. The van der Waals surface area contributed by atoms with E-state index in [1.54, 1.807) is 0 Å². The van der Waals surface area contributed by atoms with Crippen molar-refractivity contribution in [1.82, 2.24) is 85.1 Å². The molecule has 15 rings (SSSR count). The summed E-state index contributed by atoms with van der Waals surface area (Å²) in [5.74, 6) is 3.06. The van der Waals surface area contributed by atoms with Crippen LogP contribution in [0.15, 0.2) is 11.6 Å². The molecule has 0 aromatic rings. The van der Waals surface area contributed by atoms with Crippen LogP contribution in [0, 0.1) is 23.7 Å². The lowest BCUT2D eigenvalue weighted by Crippen LogP contribution is -2.49. The number of hydrogen-bond donors (Lipinski definition) is 16. The van der Waals surface area contributed by atoms with Gasteiger partial charge in [0.1, 0.15) is 0 Å². The number of carbonyl (C=O) groups excluding carboxylic acids is 8. The Kier molecular flexibility index (Phi) is 67.4. The topological polar surface area (TPSA) is 329 Å². The lowest BCUT2D eigenvalue weighted by Gasteiger charge is -2.31. The summed E-state index contributed by atoms with van der Waals surface area (Å²) in [6.07, 6.45) is 110. The van der Waals surface area contributed by atoms with Crippen molar-refractivity contribution in [3.05, 3.63) is 11.6 Å². The normalized spacial score (nSPS) is 23.6. The van der Waals surface area contributed by atoms with Crippen LogP contribution in [0.4, 0.5) is 38.4 Å². The van der Waals surface area contributed by atoms with E-state index in [-0.39, 0.29) is 48.2 Å². The summed E-state index contributed by atoms with van der Waals surface area (Å²) in [6, 6.07) is 5.50. The summed E-state index contributed by atoms with van der Waals surface area (Å²) in [4.78, 5) is 94.1. The summed E-state index contributed by atoms with van der Waals surface area (Å²) in [5, 5.41) is 49.5. The summed E-state index contributed by atoms with van der Waals surface area (Å²) in [7, 11) is 0. The van der Waals surface area contributed by atoms with Gasteiger partial charge in [-0.2, -0.15) is 0 Å². The molecule has 16 N–H and O–H groups in total. The predicted octanol–water partition coefficient (Wildman–Crippen LogP) is 28.5. The third kappa shape index (κ3) is 60.4. The van der Waals surface area contributed by atoms with Crippen LogP contribution in [-0.4, -0.2) is 147 Å². The smallest absolute Gasteiger partial charge is 0.315 e. The van der Waals surface area contributed by atoms with E-state index in [0.717, 1.165) is 211 Å². The van der Waals surface area contributed by atoms with Gasteiger partial charge in [-0.3, -0.25) is 0 Å². The highest BCUT2D eigenvalue weighted by molar-refractivity contribution is 5.77. The first-order valence-corrected chi connectivity index (χ1v) is 61.7. The zero-order valence-electron chi connectivity index (χ0n) is 91.5. The summed E-state index contributed by atoms with van der Waals surface area (Å²) in [6.45, 7) is 10.2. The van der Waals surface area contributed by atoms with Gasteiger partial charge in [0.25, 0.3) is 0 Å². The Morgan fingerprint density at radius 1 is 0.225 bits per heavy atom. The van der Waals surface area contributed by atoms with Crippen LogP contribution in [-0.2, 0) is 0 Å². The van der Waals surface area contributed by atoms with E-state index in [0.29, 0.717) is 78.4 Å². The molecule has 15 aliphatic carbocycles. The maximum Gasteiger partial charge on any atom is 0.315 e. The SMILES string of the molecule is CC1CCC(NC(=O)NC2CCCCC2)CC1.CC1CCCCC1NC(=O)NC1CCCCC1.CCCCCCCCCCCCCCNC(=O)NC1CCCCC1.O=C(NC1CCCCC1)NC1CCCC1.O=C(NC1CCCCC1)NC1CCCCC1.O=C(NCC1CCCCC1)NC1CCCCC1.O=C(NCCC1=CCCCC1)NC1CCCCC1.O=C(NCCC1CCCCC1)NC1CCCCC1. The lowest BCUT2D eigenvalue weighted by molar-refractivity contribution is 0.214. The van der Waals surface area contributed by atoms with E-state index in [2.05, 4.69) is 112 Å². The van der Waals surface area contributed by atoms with Crippen LogP contribution in [0.5, 0.6) is 0 Å². The Morgan fingerprint density at radius 2 is 0.479 bits per heavy atom. The van der Waals surface area contributed by atoms with Crippen molar-refractivity contribution in [2.75, 3.05) is 26.2 Å². The molecule has 0 aromatic heterocycles. The molecule has 0 bridgehead atoms. The van der Waals surface area contributed by atoms with Gasteiger partial charge in [0.15, 0.2) is 0 Å². The molecule has 16 amide bonds. The molecule has 0 radical (unpaired) electrons. The number of urea groups is 8. The van der Waals surface area contributed by atoms with Crippen molar-refractivity contribution < 1.29 is 38.4 Å². The molecule has 15 aliphatic rings. The number of amides is 16. The first-order valence-electron chi connectivity index (χ1n) is 61.7. The van der Waals surface area contributed by atoms with E-state index < -0.39 is 0 Å². The van der Waals surface area contributed by atoms with Gasteiger partial charge in [0, 0.05) is 98.7 Å². The molecule has 2 atom stereocenters. The van der Waals surface area contributed by atoms with Crippen LogP contribution < -0.4 is 85.1 Å². The molecule has 14 saturated carbocycles. The fourth-order valence-corrected chi connectivity index (χ4v) is 24.9. The molecular weight excluding hydrogens is 1770 g/mol. The molecule has 0 aromatic carbocycles. The third-order valence-corrected chi connectivity index (χ3v) is 34.2. The molecule has 0 spiro atoms. The van der Waals surface area contributed by atoms with Gasteiger partial charge in [-0.1, -0.05) is 353 Å². The van der Waals surface area contributed by atoms with E-state index >= 15 is 0 Å². The molecule has 142 heavy (non-hydrogen) atoms. The quantitative estimate of drug-likeness (QED) is 0.0221. The van der Waals surface area contributed by atoms with E-state index in [4.69, 9.17) is 0 Å². The minimum atomic E-state index is 0.0262. The Balaban J connectivity index is 0.000000199. The largest absolute Gasteiger partial charge is 0.338 e. The molecule has 24 heteroatoms. The molecule has 24 nitrogen and oxygen atoms in total. The van der Waals surface area contributed by atoms with Crippen LogP contribution in [0.2, 0.25) is 0 Å². The van der Waals surface area contributed by atoms with Crippen LogP contribution in [0.25, 0.3) is 0 Å². The number of hydrogen-bond acceptors (Lipinski definition) is 8. The number of nitrogens with one attached hydrogen (secondary N) is 16. The number of rotatable bonds is 33. The number of allylic oxidation sites excluding steroid dienone is 1. The molecule has 0 heterocycles. The average molecular weight is 1990 g/mol. The molecule has 0 saturated heterocycles. The molecule has 14 fully saturated rings. The number of unbranched alkanes of at least 4 members (excludes halogenated alkanes) is 11. The summed E-state index contributed by atoms with van der Waals surface area (Å²) < 4.78 is 0. The van der Waals surface area contributed by atoms with Gasteiger partial charge in [-0.05, 0) is 248 Å². The Bertz CT molecular complexity index is 3190. The van der Waals surface area contributed by atoms with Crippen molar-refractivity contribution >= 4 is 48.2 Å². The van der Waals surface area contributed by atoms with Crippen molar-refractivity contribution in [3.8, 4) is 0 Å². The van der Waals surface area contributed by atoms with Crippen LogP contribution in [0.1, 0.15) is 567 Å². The minimum absolute atomic E-state index is 0.0262. The first kappa shape index (κ1) is 121. The fourth-order valence-electron chi connectivity index (χ4n) is 24.9. The zero-order valence-corrected chi connectivity index (χ0v) is 91.5. The van der Waals surface area contributed by atoms with Crippen molar-refractivity contribution in [1.29, 1.82) is 0 Å². The monoisotopic (exact) mass is 1990 g/mol. The molecule has 820 valence electrons. The highest BCUT2D eigenvalue weighted by atomic mass is 16.2. The Labute approximate surface area is 867 Å². The number of carbonyl (C=O) groups is 8. The first-order chi connectivity index (χ1) is 69.5. The third-order valence-electron chi connectivity index (χ3n) is 34.2. The standard InChI is InChI=1S/C21H42N2O.C15H28N2O.C15H26N2O.3C14H26N2O.C13H24N2O.C12H22N2O/c1-2-3-4-5-6-7-8-9-10-11-12-16-19-22-21(24)23-20-17-14-13-15-18-20;2*18-15(17-14-9-5-2-6-10-14)16-12-11-13-7-3-1-4-8-13;1-11-7-5-6-10-13(11)16-14(17)15-12-8-3-2-4-9-12;1-11-7-9-13(10-8-11)16-14(17)15-12-5-3-2-4-6-12;17-14(16-13-9-5-2-6-10-13)15-11-12-7-3-1-4-8-12;16-13(14-11-7-3-1-4-8-11)15-12-9-5-2-6-10-12;15-12(14-11-8-4-5-9-11)13-10-6-2-1-3-7-10/h20H,2-19H2,1H3,(H2,22,23,24);13-14H,1-12H2,(H2,16,17,18);7,14H,1-6,8-12H2,(H2,16,17,18);2*11-13H,2-10H2,1H3,(H2,15,16,17);12-13H,1-11H2,(H2,15,16,17);11-12H,1-10H2,(H2,14,15,16);10-11H,1-9H2,(H2,13,14,15). The van der Waals surface area contributed by atoms with Crippen LogP contribution >= 0.6 is 0 Å². The lowest BCUT2D eigenvalue weighted by atomic mass is 9.86. The summed E-state index contributed by atoms with van der Waals surface area (Å²) >= 11 is 0. The van der Waals surface area contributed by atoms with Crippen molar-refractivity contribution in [2.45, 2.75) is 639 Å². The van der Waals surface area contributed by atoms with Crippen molar-refractivity contribution in [3.63, 3.8) is 0 Å². The second-order valence-corrected chi connectivity index (χ2v) is 46.9. The van der Waals surface area contributed by atoms with Gasteiger partial charge in [0.05, 0.1) is 0 Å². The molecular formula is C118H220N16O8. The Morgan fingerprint density at radius 3 is 0.796 bits per heavy atom. The average Bonchev–Trinajstić information content (AvgIpc) is 1.48. The van der Waals surface area contributed by atoms with E-state index in [1.807, 2.05) is 0 Å². The van der Waals surface area contributed by atoms with Crippen LogP contribution in [0.3, 0.4) is 0 Å². The fraction of sp³-hybridized carbons (Fsp3) is 0.915. The maximum absolute atomic E-state index is 11.9. The second kappa shape index (κ2) is 79.1. The van der Waals surface area contributed by atoms with Gasteiger partial charge in [0.2, 0.25) is 0 Å². The highest BCUT2D eigenvalue weighted by Crippen LogP contribution is 2.32. The van der Waals surface area contributed by atoms with Gasteiger partial charge in [-0.25, -0.2) is 38.4 Å². The summed E-state index contributed by atoms with van der Waals surface area (Å²) in [5.41, 5.74) is 1.53.